The van der Waals surface area contributed by atoms with Crippen LogP contribution in [0.25, 0.3) is 6.08 Å². The molecule has 0 fully saturated rings. The fourth-order valence-corrected chi connectivity index (χ4v) is 2.11. The molecule has 0 amide bonds. The van der Waals surface area contributed by atoms with Crippen LogP contribution in [0.15, 0.2) is 30.8 Å². The van der Waals surface area contributed by atoms with Crippen molar-refractivity contribution in [3.63, 3.8) is 0 Å². The monoisotopic (exact) mass is 242 g/mol. The smallest absolute Gasteiger partial charge is 0.184 e. The van der Waals surface area contributed by atoms with E-state index >= 15 is 0 Å². The van der Waals surface area contributed by atoms with Crippen molar-refractivity contribution < 1.29 is 8.42 Å². The minimum atomic E-state index is -2.21. The van der Waals surface area contributed by atoms with Crippen LogP contribution >= 0.6 is 11.6 Å². The van der Waals surface area contributed by atoms with Crippen LogP contribution in [0.2, 0.25) is 0 Å². The van der Waals surface area contributed by atoms with Gasteiger partial charge in [-0.1, -0.05) is 36.9 Å². The molecule has 0 N–H and O–H groups in total. The molecular weight excluding hydrogens is 232 g/mol. The molecule has 0 aromatic heterocycles. The van der Waals surface area contributed by atoms with Crippen molar-refractivity contribution in [1.29, 1.82) is 0 Å². The molecule has 0 spiro atoms. The summed E-state index contributed by atoms with van der Waals surface area (Å²) in [6.07, 6.45) is 2.06. The van der Waals surface area contributed by atoms with E-state index in [0.29, 0.717) is 22.7 Å². The van der Waals surface area contributed by atoms with E-state index in [2.05, 4.69) is 6.58 Å². The third-order valence-electron chi connectivity index (χ3n) is 1.99. The van der Waals surface area contributed by atoms with E-state index in [1.165, 1.54) is 0 Å². The van der Waals surface area contributed by atoms with E-state index in [1.54, 1.807) is 18.2 Å². The molecule has 1 aromatic rings. The summed E-state index contributed by atoms with van der Waals surface area (Å²) >= 11 is 5.54. The van der Waals surface area contributed by atoms with Crippen molar-refractivity contribution in [2.75, 3.05) is 5.88 Å². The average molecular weight is 243 g/mol. The Hall–Kier alpha value is -1.06. The van der Waals surface area contributed by atoms with Gasteiger partial charge in [-0.3, -0.25) is 0 Å². The van der Waals surface area contributed by atoms with E-state index in [0.717, 1.165) is 5.56 Å². The van der Waals surface area contributed by atoms with Gasteiger partial charge in [-0.05, 0) is 11.1 Å². The maximum absolute atomic E-state index is 10.9. The quantitative estimate of drug-likeness (QED) is 0.462. The highest BCUT2D eigenvalue weighted by atomic mass is 35.5. The number of rotatable bonds is 4. The molecule has 1 rings (SSSR count). The fourth-order valence-electron chi connectivity index (χ4n) is 1.21. The first-order valence-electron chi connectivity index (χ1n) is 4.43. The molecule has 0 saturated heterocycles. The average Bonchev–Trinajstić information content (AvgIpc) is 2.26. The van der Waals surface area contributed by atoms with Gasteiger partial charge >= 0.3 is 0 Å². The second-order valence-corrected chi connectivity index (χ2v) is 4.26. The van der Waals surface area contributed by atoms with Crippen LogP contribution in [0.1, 0.15) is 17.5 Å². The Morgan fingerprint density at radius 1 is 1.33 bits per heavy atom. The van der Waals surface area contributed by atoms with Gasteiger partial charge in [-0.2, -0.15) is 8.42 Å². The number of alkyl halides is 1. The Morgan fingerprint density at radius 2 is 1.93 bits per heavy atom. The normalized spacial score (nSPS) is 9.67. The Kier molecular flexibility index (Phi) is 4.59. The van der Waals surface area contributed by atoms with Crippen molar-refractivity contribution in [3.8, 4) is 0 Å². The second kappa shape index (κ2) is 5.73. The van der Waals surface area contributed by atoms with Gasteiger partial charge in [0.05, 0.1) is 4.86 Å². The summed E-state index contributed by atoms with van der Waals surface area (Å²) in [6, 6.07) is 7.16. The Morgan fingerprint density at radius 3 is 2.33 bits per heavy atom. The molecule has 80 valence electrons. The van der Waals surface area contributed by atoms with Crippen molar-refractivity contribution in [2.45, 2.75) is 6.42 Å². The van der Waals surface area contributed by atoms with Gasteiger partial charge in [0, 0.05) is 12.3 Å². The molecule has 0 atom stereocenters. The summed E-state index contributed by atoms with van der Waals surface area (Å²) in [7, 11) is -2.21. The number of benzene rings is 1. The summed E-state index contributed by atoms with van der Waals surface area (Å²) in [5, 5.41) is 0. The van der Waals surface area contributed by atoms with Crippen molar-refractivity contribution in [2.24, 2.45) is 0 Å². The molecule has 0 aliphatic heterocycles. The molecule has 0 bridgehead atoms. The lowest BCUT2D eigenvalue weighted by Gasteiger charge is -2.01. The third kappa shape index (κ3) is 3.22. The van der Waals surface area contributed by atoms with E-state index in [9.17, 15) is 8.42 Å². The molecule has 0 aliphatic carbocycles. The zero-order valence-corrected chi connectivity index (χ0v) is 9.68. The van der Waals surface area contributed by atoms with Crippen LogP contribution in [0.4, 0.5) is 0 Å². The van der Waals surface area contributed by atoms with Gasteiger partial charge < -0.3 is 0 Å². The molecule has 0 radical (unpaired) electrons. The lowest BCUT2D eigenvalue weighted by molar-refractivity contribution is 0.627. The zero-order chi connectivity index (χ0) is 11.3. The minimum absolute atomic E-state index is 0.298. The standard InChI is InChI=1S/C11H11ClO2S/c1-2-9-3-5-10(6-4-9)11(7-8-12)15(13)14/h2-6H,1,7-8H2. The summed E-state index contributed by atoms with van der Waals surface area (Å²) < 4.78 is 21.9. The maximum atomic E-state index is 10.9. The molecule has 0 unspecified atom stereocenters. The lowest BCUT2D eigenvalue weighted by atomic mass is 10.1. The molecule has 0 saturated carbocycles. The SMILES string of the molecule is C=Cc1ccc(C(CCCl)=S(=O)=O)cc1. The van der Waals surface area contributed by atoms with E-state index < -0.39 is 10.3 Å². The topological polar surface area (TPSA) is 34.1 Å². The number of hydrogen-bond donors (Lipinski definition) is 0. The van der Waals surface area contributed by atoms with Crippen molar-refractivity contribution in [1.82, 2.24) is 0 Å². The van der Waals surface area contributed by atoms with Gasteiger partial charge in [0.15, 0.2) is 0 Å². The highest BCUT2D eigenvalue weighted by Crippen LogP contribution is 2.08. The highest BCUT2D eigenvalue weighted by molar-refractivity contribution is 7.73. The summed E-state index contributed by atoms with van der Waals surface area (Å²) in [5.41, 5.74) is 1.65. The predicted molar refractivity (Wildman–Crippen MR) is 64.9 cm³/mol. The number of hydrogen-bond acceptors (Lipinski definition) is 2. The molecule has 15 heavy (non-hydrogen) atoms. The minimum Gasteiger partial charge on any atom is -0.184 e. The molecule has 0 heterocycles. The van der Waals surface area contributed by atoms with E-state index in [-0.39, 0.29) is 0 Å². The summed E-state index contributed by atoms with van der Waals surface area (Å²) in [4.78, 5) is 0.348. The second-order valence-electron chi connectivity index (χ2n) is 2.92. The van der Waals surface area contributed by atoms with Gasteiger partial charge in [0.25, 0.3) is 0 Å². The fraction of sp³-hybridized carbons (Fsp3) is 0.182. The van der Waals surface area contributed by atoms with Gasteiger partial charge in [-0.15, -0.1) is 11.6 Å². The zero-order valence-electron chi connectivity index (χ0n) is 8.11. The highest BCUT2D eigenvalue weighted by Gasteiger charge is 2.04. The molecule has 0 aliphatic rings. The molecule has 1 aromatic carbocycles. The Balaban J connectivity index is 3.14. The summed E-state index contributed by atoms with van der Waals surface area (Å²) in [6.45, 7) is 3.63. The van der Waals surface area contributed by atoms with Crippen LogP contribution in [0, 0.1) is 0 Å². The first-order chi connectivity index (χ1) is 7.19. The van der Waals surface area contributed by atoms with Crippen LogP contribution in [-0.4, -0.2) is 19.2 Å². The lowest BCUT2D eigenvalue weighted by Crippen LogP contribution is -2.03. The van der Waals surface area contributed by atoms with Crippen LogP contribution in [-0.2, 0) is 10.3 Å². The third-order valence-corrected chi connectivity index (χ3v) is 3.02. The van der Waals surface area contributed by atoms with Gasteiger partial charge in [0.2, 0.25) is 10.3 Å². The largest absolute Gasteiger partial charge is 0.217 e. The van der Waals surface area contributed by atoms with Crippen molar-refractivity contribution >= 4 is 32.8 Å². The van der Waals surface area contributed by atoms with E-state index in [4.69, 9.17) is 11.6 Å². The molecule has 4 heteroatoms. The van der Waals surface area contributed by atoms with E-state index in [1.807, 2.05) is 12.1 Å². The Bertz CT molecular complexity index is 464. The van der Waals surface area contributed by atoms with Crippen LogP contribution in [0.5, 0.6) is 0 Å². The molecular formula is C11H11ClO2S. The van der Waals surface area contributed by atoms with Gasteiger partial charge in [0.1, 0.15) is 0 Å². The first-order valence-corrected chi connectivity index (χ1v) is 6.04. The van der Waals surface area contributed by atoms with Crippen molar-refractivity contribution in [3.05, 3.63) is 42.0 Å². The predicted octanol–water partition coefficient (Wildman–Crippen LogP) is 2.36. The van der Waals surface area contributed by atoms with Gasteiger partial charge in [-0.25, -0.2) is 0 Å². The van der Waals surface area contributed by atoms with Crippen LogP contribution < -0.4 is 0 Å². The molecule has 2 nitrogen and oxygen atoms in total. The number of halogens is 1. The van der Waals surface area contributed by atoms with Crippen LogP contribution in [0.3, 0.4) is 0 Å². The maximum Gasteiger partial charge on any atom is 0.217 e. The Labute approximate surface area is 95.7 Å². The first kappa shape index (κ1) is 12.0. The summed E-state index contributed by atoms with van der Waals surface area (Å²) in [5.74, 6) is 0.298.